The summed E-state index contributed by atoms with van der Waals surface area (Å²) in [6.07, 6.45) is 4.20. The summed E-state index contributed by atoms with van der Waals surface area (Å²) < 4.78 is 5.17. The first-order chi connectivity index (χ1) is 6.90. The number of rotatable bonds is 3. The second kappa shape index (κ2) is 3.83. The Kier molecular flexibility index (Phi) is 2.36. The first-order valence-corrected chi connectivity index (χ1v) is 4.19. The van der Waals surface area contributed by atoms with E-state index in [-0.39, 0.29) is 6.42 Å². The van der Waals surface area contributed by atoms with Gasteiger partial charge in [0.25, 0.3) is 0 Å². The van der Waals surface area contributed by atoms with Crippen molar-refractivity contribution in [2.24, 2.45) is 0 Å². The summed E-state index contributed by atoms with van der Waals surface area (Å²) in [5.41, 5.74) is 1.30. The van der Waals surface area contributed by atoms with Crippen LogP contribution in [-0.2, 0) is 11.2 Å². The van der Waals surface area contributed by atoms with E-state index in [4.69, 9.17) is 4.42 Å². The molecular weight excluding hydrogens is 180 g/mol. The molecule has 0 aliphatic heterocycles. The number of hydrogen-bond donors (Lipinski definition) is 0. The molecule has 70 valence electrons. The molecule has 14 heavy (non-hydrogen) atoms. The smallest absolute Gasteiger partial charge is 0.245 e. The van der Waals surface area contributed by atoms with Crippen LogP contribution in [0.5, 0.6) is 0 Å². The van der Waals surface area contributed by atoms with Gasteiger partial charge in [0.05, 0.1) is 5.69 Å². The summed E-state index contributed by atoms with van der Waals surface area (Å²) >= 11 is 0. The van der Waals surface area contributed by atoms with Gasteiger partial charge in [-0.3, -0.25) is 4.98 Å². The van der Waals surface area contributed by atoms with Gasteiger partial charge in [-0.05, 0) is 12.1 Å². The number of aldehydes is 1. The minimum Gasteiger partial charge on any atom is -0.443 e. The highest BCUT2D eigenvalue weighted by Crippen LogP contribution is 2.14. The molecule has 0 bridgehead atoms. The third-order valence-electron chi connectivity index (χ3n) is 1.73. The molecule has 4 nitrogen and oxygen atoms in total. The third kappa shape index (κ3) is 1.69. The molecule has 2 aromatic heterocycles. The van der Waals surface area contributed by atoms with Crippen LogP contribution >= 0.6 is 0 Å². The van der Waals surface area contributed by atoms with E-state index in [1.54, 1.807) is 12.3 Å². The van der Waals surface area contributed by atoms with Crippen LogP contribution < -0.4 is 0 Å². The van der Waals surface area contributed by atoms with Gasteiger partial charge >= 0.3 is 0 Å². The lowest BCUT2D eigenvalue weighted by Crippen LogP contribution is -1.86. The molecule has 0 amide bonds. The number of oxazole rings is 1. The third-order valence-corrected chi connectivity index (χ3v) is 1.73. The standard InChI is InChI=1S/C10H8N2O2/c13-6-4-8-7-14-10(12-8)9-3-1-2-5-11-9/h1-3,5-7H,4H2. The SMILES string of the molecule is O=CCc1coc(-c2ccccn2)n1. The zero-order valence-corrected chi connectivity index (χ0v) is 7.38. The Morgan fingerprint density at radius 2 is 2.36 bits per heavy atom. The van der Waals surface area contributed by atoms with E-state index in [0.29, 0.717) is 17.3 Å². The molecule has 2 rings (SSSR count). The monoisotopic (exact) mass is 188 g/mol. The number of nitrogens with zero attached hydrogens (tertiary/aromatic N) is 2. The topological polar surface area (TPSA) is 56.0 Å². The zero-order valence-electron chi connectivity index (χ0n) is 7.38. The van der Waals surface area contributed by atoms with Gasteiger partial charge in [-0.1, -0.05) is 6.07 Å². The Labute approximate surface area is 80.6 Å². The molecule has 0 N–H and O–H groups in total. The molecule has 0 unspecified atom stereocenters. The summed E-state index contributed by atoms with van der Waals surface area (Å²) in [5, 5.41) is 0. The van der Waals surface area contributed by atoms with Crippen molar-refractivity contribution in [1.29, 1.82) is 0 Å². The van der Waals surface area contributed by atoms with Crippen molar-refractivity contribution < 1.29 is 9.21 Å². The van der Waals surface area contributed by atoms with E-state index in [1.807, 2.05) is 12.1 Å². The number of pyridine rings is 1. The highest BCUT2D eigenvalue weighted by atomic mass is 16.3. The Hall–Kier alpha value is -1.97. The van der Waals surface area contributed by atoms with Gasteiger partial charge in [0.2, 0.25) is 5.89 Å². The van der Waals surface area contributed by atoms with Crippen molar-refractivity contribution in [3.63, 3.8) is 0 Å². The summed E-state index contributed by atoms with van der Waals surface area (Å²) in [6.45, 7) is 0. The van der Waals surface area contributed by atoms with E-state index >= 15 is 0 Å². The molecule has 0 radical (unpaired) electrons. The molecule has 0 spiro atoms. The second-order valence-electron chi connectivity index (χ2n) is 2.73. The zero-order chi connectivity index (χ0) is 9.80. The van der Waals surface area contributed by atoms with Gasteiger partial charge in [-0.15, -0.1) is 0 Å². The second-order valence-corrected chi connectivity index (χ2v) is 2.73. The molecule has 0 saturated heterocycles. The quantitative estimate of drug-likeness (QED) is 0.684. The Bertz CT molecular complexity index is 423. The van der Waals surface area contributed by atoms with Gasteiger partial charge in [-0.25, -0.2) is 4.98 Å². The highest BCUT2D eigenvalue weighted by Gasteiger charge is 2.06. The van der Waals surface area contributed by atoms with Crippen LogP contribution in [0.4, 0.5) is 0 Å². The lowest BCUT2D eigenvalue weighted by atomic mass is 10.3. The van der Waals surface area contributed by atoms with Crippen LogP contribution in [0.25, 0.3) is 11.6 Å². The Morgan fingerprint density at radius 1 is 1.43 bits per heavy atom. The van der Waals surface area contributed by atoms with Crippen LogP contribution in [0.1, 0.15) is 5.69 Å². The van der Waals surface area contributed by atoms with Crippen LogP contribution in [-0.4, -0.2) is 16.3 Å². The van der Waals surface area contributed by atoms with Crippen LogP contribution in [0, 0.1) is 0 Å². The van der Waals surface area contributed by atoms with E-state index < -0.39 is 0 Å². The maximum Gasteiger partial charge on any atom is 0.245 e. The van der Waals surface area contributed by atoms with Gasteiger partial charge in [-0.2, -0.15) is 0 Å². The van der Waals surface area contributed by atoms with Crippen LogP contribution in [0.3, 0.4) is 0 Å². The van der Waals surface area contributed by atoms with Gasteiger partial charge in [0, 0.05) is 12.6 Å². The largest absolute Gasteiger partial charge is 0.443 e. The first kappa shape index (κ1) is 8.62. The molecule has 0 fully saturated rings. The molecule has 2 aromatic rings. The van der Waals surface area contributed by atoms with Gasteiger partial charge in [0.1, 0.15) is 18.2 Å². The molecule has 0 aliphatic rings. The first-order valence-electron chi connectivity index (χ1n) is 4.19. The fourth-order valence-electron chi connectivity index (χ4n) is 1.09. The van der Waals surface area contributed by atoms with Crippen molar-refractivity contribution >= 4 is 6.29 Å². The van der Waals surface area contributed by atoms with Crippen LogP contribution in [0.15, 0.2) is 35.1 Å². The number of aromatic nitrogens is 2. The number of carbonyl (C=O) groups is 1. The fraction of sp³-hybridized carbons (Fsp3) is 0.100. The molecular formula is C10H8N2O2. The predicted molar refractivity (Wildman–Crippen MR) is 49.5 cm³/mol. The van der Waals surface area contributed by atoms with E-state index in [0.717, 1.165) is 6.29 Å². The minimum atomic E-state index is 0.274. The van der Waals surface area contributed by atoms with Crippen molar-refractivity contribution in [3.05, 3.63) is 36.4 Å². The van der Waals surface area contributed by atoms with Crippen molar-refractivity contribution in [3.8, 4) is 11.6 Å². The number of hydrogen-bond acceptors (Lipinski definition) is 4. The average molecular weight is 188 g/mol. The van der Waals surface area contributed by atoms with Crippen molar-refractivity contribution in [2.45, 2.75) is 6.42 Å². The minimum absolute atomic E-state index is 0.274. The summed E-state index contributed by atoms with van der Waals surface area (Å²) in [7, 11) is 0. The average Bonchev–Trinajstić information content (AvgIpc) is 2.68. The predicted octanol–water partition coefficient (Wildman–Crippen LogP) is 1.48. The lowest BCUT2D eigenvalue weighted by molar-refractivity contribution is -0.107. The summed E-state index contributed by atoms with van der Waals surface area (Å²) in [5.74, 6) is 0.447. The van der Waals surface area contributed by atoms with Gasteiger partial charge < -0.3 is 9.21 Å². The van der Waals surface area contributed by atoms with E-state index in [9.17, 15) is 4.79 Å². The molecule has 0 atom stereocenters. The molecule has 0 aliphatic carbocycles. The molecule has 2 heterocycles. The maximum atomic E-state index is 10.2. The van der Waals surface area contributed by atoms with E-state index in [2.05, 4.69) is 9.97 Å². The normalized spacial score (nSPS) is 10.0. The summed E-state index contributed by atoms with van der Waals surface area (Å²) in [6, 6.07) is 5.47. The highest BCUT2D eigenvalue weighted by molar-refractivity contribution is 5.54. The van der Waals surface area contributed by atoms with Gasteiger partial charge in [0.15, 0.2) is 0 Å². The molecule has 0 saturated carbocycles. The van der Waals surface area contributed by atoms with Crippen LogP contribution in [0.2, 0.25) is 0 Å². The Morgan fingerprint density at radius 3 is 3.07 bits per heavy atom. The summed E-state index contributed by atoms with van der Waals surface area (Å²) in [4.78, 5) is 18.4. The molecule has 0 aromatic carbocycles. The number of carbonyl (C=O) groups excluding carboxylic acids is 1. The molecule has 4 heteroatoms. The van der Waals surface area contributed by atoms with Crippen molar-refractivity contribution in [1.82, 2.24) is 9.97 Å². The maximum absolute atomic E-state index is 10.2. The van der Waals surface area contributed by atoms with Crippen molar-refractivity contribution in [2.75, 3.05) is 0 Å². The fourth-order valence-corrected chi connectivity index (χ4v) is 1.09. The van der Waals surface area contributed by atoms with E-state index in [1.165, 1.54) is 6.26 Å². The lowest BCUT2D eigenvalue weighted by Gasteiger charge is -1.90. The Balaban J connectivity index is 2.29.